The van der Waals surface area contributed by atoms with E-state index in [2.05, 4.69) is 0 Å². The molecule has 0 aliphatic carbocycles. The first kappa shape index (κ1) is 15.3. The number of carbonyl (C=O) groups excluding carboxylic acids is 1. The van der Waals surface area contributed by atoms with Gasteiger partial charge in [0.1, 0.15) is 5.75 Å². The molecule has 0 bridgehead atoms. The number of Topliss-reactive ketones (excluding diaryl/α,β-unsaturated/α-hetero) is 1. The van der Waals surface area contributed by atoms with Crippen LogP contribution in [0.5, 0.6) is 11.5 Å². The topological polar surface area (TPSA) is 78.7 Å². The molecule has 0 saturated carbocycles. The van der Waals surface area contributed by atoms with Crippen LogP contribution in [0.15, 0.2) is 30.3 Å². The summed E-state index contributed by atoms with van der Waals surface area (Å²) in [5.74, 6) is 0.0848. The quantitative estimate of drug-likeness (QED) is 0.460. The second kappa shape index (κ2) is 6.55. The Hall–Kier alpha value is -2.12. The molecular formula is C13H10ClNO5S. The normalized spacial score (nSPS) is 10.2. The average Bonchev–Trinajstić information content (AvgIpc) is 2.90. The molecule has 110 valence electrons. The maximum absolute atomic E-state index is 11.9. The number of rotatable bonds is 6. The SMILES string of the molecule is COc1ccc([N+](=O)[O-])c(OCC(=O)c2ccc(Cl)s2)c1. The third-order valence-electron chi connectivity index (χ3n) is 2.57. The first-order chi connectivity index (χ1) is 10.0. The standard InChI is InChI=1S/C13H10ClNO5S/c1-19-8-2-3-9(15(17)18)11(6-8)20-7-10(16)12-4-5-13(14)21-12/h2-6H,7H2,1H3. The van der Waals surface area contributed by atoms with E-state index in [0.29, 0.717) is 15.0 Å². The number of benzene rings is 1. The van der Waals surface area contributed by atoms with Crippen LogP contribution in [0.2, 0.25) is 4.34 Å². The van der Waals surface area contributed by atoms with Crippen LogP contribution in [0, 0.1) is 10.1 Å². The number of carbonyl (C=O) groups is 1. The molecule has 0 spiro atoms. The van der Waals surface area contributed by atoms with Gasteiger partial charge in [-0.05, 0) is 18.2 Å². The molecule has 1 aromatic carbocycles. The van der Waals surface area contributed by atoms with Gasteiger partial charge in [0.05, 0.1) is 21.2 Å². The van der Waals surface area contributed by atoms with Crippen LogP contribution in [0.25, 0.3) is 0 Å². The van der Waals surface area contributed by atoms with E-state index in [-0.39, 0.29) is 23.8 Å². The van der Waals surface area contributed by atoms with Crippen LogP contribution < -0.4 is 9.47 Å². The molecule has 6 nitrogen and oxygen atoms in total. The fourth-order valence-corrected chi connectivity index (χ4v) is 2.53. The van der Waals surface area contributed by atoms with Crippen LogP contribution in [-0.2, 0) is 0 Å². The zero-order chi connectivity index (χ0) is 15.4. The maximum Gasteiger partial charge on any atom is 0.311 e. The Morgan fingerprint density at radius 3 is 2.71 bits per heavy atom. The summed E-state index contributed by atoms with van der Waals surface area (Å²) in [6.45, 7) is -0.315. The van der Waals surface area contributed by atoms with Gasteiger partial charge in [0.25, 0.3) is 0 Å². The van der Waals surface area contributed by atoms with Gasteiger partial charge in [-0.2, -0.15) is 0 Å². The van der Waals surface area contributed by atoms with E-state index in [1.165, 1.54) is 25.3 Å². The first-order valence-electron chi connectivity index (χ1n) is 5.75. The van der Waals surface area contributed by atoms with Gasteiger partial charge >= 0.3 is 5.69 Å². The molecule has 0 aliphatic heterocycles. The molecule has 21 heavy (non-hydrogen) atoms. The molecule has 2 aromatic rings. The summed E-state index contributed by atoms with van der Waals surface area (Å²) in [6, 6.07) is 7.27. The highest BCUT2D eigenvalue weighted by Crippen LogP contribution is 2.31. The summed E-state index contributed by atoms with van der Waals surface area (Å²) in [6.07, 6.45) is 0. The Morgan fingerprint density at radius 1 is 1.38 bits per heavy atom. The highest BCUT2D eigenvalue weighted by molar-refractivity contribution is 7.18. The van der Waals surface area contributed by atoms with Gasteiger partial charge in [-0.25, -0.2) is 0 Å². The molecule has 1 heterocycles. The summed E-state index contributed by atoms with van der Waals surface area (Å²) in [7, 11) is 1.43. The lowest BCUT2D eigenvalue weighted by Gasteiger charge is -2.07. The monoisotopic (exact) mass is 327 g/mol. The van der Waals surface area contributed by atoms with Gasteiger partial charge in [0, 0.05) is 12.1 Å². The van der Waals surface area contributed by atoms with Gasteiger partial charge in [-0.3, -0.25) is 14.9 Å². The zero-order valence-corrected chi connectivity index (χ0v) is 12.4. The molecule has 0 aliphatic rings. The van der Waals surface area contributed by atoms with Crippen molar-refractivity contribution in [2.75, 3.05) is 13.7 Å². The molecule has 8 heteroatoms. The van der Waals surface area contributed by atoms with Crippen LogP contribution in [0.3, 0.4) is 0 Å². The minimum atomic E-state index is -0.582. The van der Waals surface area contributed by atoms with E-state index in [1.807, 2.05) is 0 Å². The Kier molecular flexibility index (Phi) is 4.77. The van der Waals surface area contributed by atoms with Crippen molar-refractivity contribution in [1.82, 2.24) is 0 Å². The molecule has 0 amide bonds. The lowest BCUT2D eigenvalue weighted by Crippen LogP contribution is -2.11. The van der Waals surface area contributed by atoms with E-state index < -0.39 is 4.92 Å². The van der Waals surface area contributed by atoms with Crippen LogP contribution >= 0.6 is 22.9 Å². The smallest absolute Gasteiger partial charge is 0.311 e. The fourth-order valence-electron chi connectivity index (χ4n) is 1.57. The van der Waals surface area contributed by atoms with Crippen LogP contribution in [0.1, 0.15) is 9.67 Å². The third kappa shape index (κ3) is 3.71. The summed E-state index contributed by atoms with van der Waals surface area (Å²) in [4.78, 5) is 22.7. The summed E-state index contributed by atoms with van der Waals surface area (Å²) >= 11 is 6.87. The molecule has 0 radical (unpaired) electrons. The van der Waals surface area contributed by atoms with Crippen molar-refractivity contribution >= 4 is 34.4 Å². The predicted octanol–water partition coefficient (Wildman–Crippen LogP) is 3.58. The number of halogens is 1. The number of nitro benzene ring substituents is 1. The Labute approximate surface area is 129 Å². The largest absolute Gasteiger partial charge is 0.497 e. The number of thiophene rings is 1. The number of hydrogen-bond acceptors (Lipinski definition) is 6. The Bertz CT molecular complexity index is 685. The minimum absolute atomic E-state index is 0.0182. The number of ether oxygens (including phenoxy) is 2. The third-order valence-corrected chi connectivity index (χ3v) is 3.84. The van der Waals surface area contributed by atoms with Crippen LogP contribution in [-0.4, -0.2) is 24.4 Å². The van der Waals surface area contributed by atoms with Crippen molar-refractivity contribution in [2.45, 2.75) is 0 Å². The van der Waals surface area contributed by atoms with E-state index in [9.17, 15) is 14.9 Å². The zero-order valence-electron chi connectivity index (χ0n) is 10.9. The summed E-state index contributed by atoms with van der Waals surface area (Å²) in [5.41, 5.74) is -0.229. The van der Waals surface area contributed by atoms with Crippen molar-refractivity contribution in [3.8, 4) is 11.5 Å². The van der Waals surface area contributed by atoms with Crippen molar-refractivity contribution in [3.05, 3.63) is 49.7 Å². The molecular weight excluding hydrogens is 318 g/mol. The molecule has 0 N–H and O–H groups in total. The van der Waals surface area contributed by atoms with Gasteiger partial charge < -0.3 is 9.47 Å². The van der Waals surface area contributed by atoms with E-state index in [1.54, 1.807) is 12.1 Å². The molecule has 2 rings (SSSR count). The van der Waals surface area contributed by atoms with Crippen molar-refractivity contribution in [2.24, 2.45) is 0 Å². The molecule has 0 unspecified atom stereocenters. The maximum atomic E-state index is 11.9. The molecule has 1 aromatic heterocycles. The lowest BCUT2D eigenvalue weighted by molar-refractivity contribution is -0.385. The van der Waals surface area contributed by atoms with E-state index in [0.717, 1.165) is 11.3 Å². The highest BCUT2D eigenvalue weighted by atomic mass is 35.5. The molecule has 0 fully saturated rings. The minimum Gasteiger partial charge on any atom is -0.497 e. The van der Waals surface area contributed by atoms with Crippen molar-refractivity contribution < 1.29 is 19.2 Å². The Morgan fingerprint density at radius 2 is 2.14 bits per heavy atom. The van der Waals surface area contributed by atoms with Gasteiger partial charge in [-0.1, -0.05) is 11.6 Å². The number of nitro groups is 1. The molecule has 0 saturated heterocycles. The predicted molar refractivity (Wildman–Crippen MR) is 78.8 cm³/mol. The second-order valence-corrected chi connectivity index (χ2v) is 5.62. The highest BCUT2D eigenvalue weighted by Gasteiger charge is 2.18. The second-order valence-electron chi connectivity index (χ2n) is 3.91. The number of nitrogens with zero attached hydrogens (tertiary/aromatic N) is 1. The van der Waals surface area contributed by atoms with E-state index in [4.69, 9.17) is 21.1 Å². The Balaban J connectivity index is 2.15. The molecule has 0 atom stereocenters. The van der Waals surface area contributed by atoms with Crippen molar-refractivity contribution in [3.63, 3.8) is 0 Å². The van der Waals surface area contributed by atoms with Crippen LogP contribution in [0.4, 0.5) is 5.69 Å². The summed E-state index contributed by atoms with van der Waals surface area (Å²) in [5, 5.41) is 10.9. The average molecular weight is 328 g/mol. The first-order valence-corrected chi connectivity index (χ1v) is 6.94. The fraction of sp³-hybridized carbons (Fsp3) is 0.154. The number of ketones is 1. The van der Waals surface area contributed by atoms with Gasteiger partial charge in [-0.15, -0.1) is 11.3 Å². The lowest BCUT2D eigenvalue weighted by atomic mass is 10.2. The number of hydrogen-bond donors (Lipinski definition) is 0. The van der Waals surface area contributed by atoms with Crippen molar-refractivity contribution in [1.29, 1.82) is 0 Å². The van der Waals surface area contributed by atoms with Gasteiger partial charge in [0.15, 0.2) is 6.61 Å². The summed E-state index contributed by atoms with van der Waals surface area (Å²) < 4.78 is 10.7. The number of methoxy groups -OCH3 is 1. The van der Waals surface area contributed by atoms with E-state index >= 15 is 0 Å². The van der Waals surface area contributed by atoms with Gasteiger partial charge in [0.2, 0.25) is 11.5 Å².